The lowest BCUT2D eigenvalue weighted by atomic mass is 9.98. The molecule has 0 aliphatic carbocycles. The van der Waals surface area contributed by atoms with Gasteiger partial charge in [0.05, 0.1) is 0 Å². The van der Waals surface area contributed by atoms with Gasteiger partial charge in [-0.05, 0) is 0 Å². The Morgan fingerprint density at radius 3 is 2.54 bits per heavy atom. The summed E-state index contributed by atoms with van der Waals surface area (Å²) in [6, 6.07) is 0. The second kappa shape index (κ2) is 3.04. The molecule has 0 aromatic carbocycles. The Morgan fingerprint density at radius 1 is 1.62 bits per heavy atom. The first-order valence-electron chi connectivity index (χ1n) is 3.72. The van der Waals surface area contributed by atoms with Gasteiger partial charge in [-0.1, -0.05) is 5.16 Å². The van der Waals surface area contributed by atoms with Crippen LogP contribution in [0.5, 0.6) is 0 Å². The molecule has 1 heterocycles. The van der Waals surface area contributed by atoms with Crippen LogP contribution >= 0.6 is 0 Å². The molecule has 1 aliphatic heterocycles. The van der Waals surface area contributed by atoms with Crippen molar-refractivity contribution in [2.45, 2.75) is 12.0 Å². The van der Waals surface area contributed by atoms with Gasteiger partial charge < -0.3 is 15.5 Å². The van der Waals surface area contributed by atoms with Gasteiger partial charge in [-0.25, -0.2) is 0 Å². The van der Waals surface area contributed by atoms with Crippen molar-refractivity contribution in [1.82, 2.24) is 4.90 Å². The lowest BCUT2D eigenvalue weighted by Crippen LogP contribution is -2.55. The minimum absolute atomic E-state index is 0.0966. The molecule has 1 aliphatic rings. The zero-order valence-electron chi connectivity index (χ0n) is 7.48. The molecule has 0 aromatic rings. The fourth-order valence-corrected chi connectivity index (χ4v) is 1.07. The summed E-state index contributed by atoms with van der Waals surface area (Å²) in [6.45, 7) is 0. The Balaban J connectivity index is 2.93. The standard InChI is InChI=1S/C7H11N3O3/c1-10(2)6(12)7(5(8)11)3-4-9-13-7/h4H,3H2,1-2H3,(H2,8,11). The predicted molar refractivity (Wildman–Crippen MR) is 44.8 cm³/mol. The molecule has 1 unspecified atom stereocenters. The summed E-state index contributed by atoms with van der Waals surface area (Å²) >= 11 is 0. The SMILES string of the molecule is CN(C)C(=O)C1(C(N)=O)CC=NO1. The average molecular weight is 185 g/mol. The number of hydrogen-bond donors (Lipinski definition) is 1. The molecule has 0 saturated carbocycles. The van der Waals surface area contributed by atoms with E-state index in [-0.39, 0.29) is 6.42 Å². The molecule has 6 heteroatoms. The molecule has 6 nitrogen and oxygen atoms in total. The third-order valence-corrected chi connectivity index (χ3v) is 1.81. The Labute approximate surface area is 75.3 Å². The minimum atomic E-state index is -1.62. The average Bonchev–Trinajstić information content (AvgIpc) is 2.51. The molecule has 72 valence electrons. The first kappa shape index (κ1) is 9.50. The first-order chi connectivity index (χ1) is 6.00. The lowest BCUT2D eigenvalue weighted by Gasteiger charge is -2.24. The van der Waals surface area contributed by atoms with Crippen LogP contribution in [-0.2, 0) is 14.4 Å². The number of likely N-dealkylation sites (N-methyl/N-ethyl adjacent to an activating group) is 1. The fraction of sp³-hybridized carbons (Fsp3) is 0.571. The van der Waals surface area contributed by atoms with Crippen molar-refractivity contribution in [3.05, 3.63) is 0 Å². The summed E-state index contributed by atoms with van der Waals surface area (Å²) < 4.78 is 0. The zero-order valence-corrected chi connectivity index (χ0v) is 7.48. The molecule has 0 saturated heterocycles. The van der Waals surface area contributed by atoms with E-state index in [4.69, 9.17) is 10.6 Å². The number of hydrogen-bond acceptors (Lipinski definition) is 4. The molecule has 13 heavy (non-hydrogen) atoms. The Hall–Kier alpha value is -1.59. The Bertz CT molecular complexity index is 264. The van der Waals surface area contributed by atoms with E-state index in [1.54, 1.807) is 0 Å². The third-order valence-electron chi connectivity index (χ3n) is 1.81. The molecule has 1 rings (SSSR count). The van der Waals surface area contributed by atoms with Crippen molar-refractivity contribution in [1.29, 1.82) is 0 Å². The van der Waals surface area contributed by atoms with Crippen molar-refractivity contribution in [3.8, 4) is 0 Å². The van der Waals surface area contributed by atoms with Crippen molar-refractivity contribution in [2.24, 2.45) is 10.9 Å². The Morgan fingerprint density at radius 2 is 2.23 bits per heavy atom. The van der Waals surface area contributed by atoms with E-state index >= 15 is 0 Å². The van der Waals surface area contributed by atoms with Gasteiger partial charge in [-0.15, -0.1) is 0 Å². The van der Waals surface area contributed by atoms with Gasteiger partial charge in [0.1, 0.15) is 0 Å². The van der Waals surface area contributed by atoms with Gasteiger partial charge in [0.25, 0.3) is 17.4 Å². The van der Waals surface area contributed by atoms with Gasteiger partial charge in [0.15, 0.2) is 0 Å². The van der Waals surface area contributed by atoms with Crippen molar-refractivity contribution < 1.29 is 14.4 Å². The van der Waals surface area contributed by atoms with Crippen LogP contribution in [0.25, 0.3) is 0 Å². The molecule has 1 atom stereocenters. The van der Waals surface area contributed by atoms with Gasteiger partial charge in [0, 0.05) is 26.7 Å². The maximum Gasteiger partial charge on any atom is 0.296 e. The van der Waals surface area contributed by atoms with Crippen LogP contribution in [0.3, 0.4) is 0 Å². The Kier molecular flexibility index (Phi) is 2.22. The number of carbonyl (C=O) groups is 2. The monoisotopic (exact) mass is 185 g/mol. The van der Waals surface area contributed by atoms with Crippen LogP contribution in [-0.4, -0.2) is 42.6 Å². The molecule has 2 N–H and O–H groups in total. The third kappa shape index (κ3) is 1.34. The van der Waals surface area contributed by atoms with Gasteiger partial charge >= 0.3 is 0 Å². The second-order valence-electron chi connectivity index (χ2n) is 2.97. The summed E-state index contributed by atoms with van der Waals surface area (Å²) in [5.74, 6) is -1.30. The largest absolute Gasteiger partial charge is 0.369 e. The number of rotatable bonds is 2. The van der Waals surface area contributed by atoms with Gasteiger partial charge in [-0.3, -0.25) is 9.59 Å². The van der Waals surface area contributed by atoms with Crippen molar-refractivity contribution >= 4 is 18.0 Å². The van der Waals surface area contributed by atoms with Crippen LogP contribution in [0.4, 0.5) is 0 Å². The highest BCUT2D eigenvalue weighted by atomic mass is 16.7. The summed E-state index contributed by atoms with van der Waals surface area (Å²) in [5, 5.41) is 3.39. The lowest BCUT2D eigenvalue weighted by molar-refractivity contribution is -0.161. The molecular weight excluding hydrogens is 174 g/mol. The summed E-state index contributed by atoms with van der Waals surface area (Å²) in [5.41, 5.74) is 3.46. The number of primary amides is 1. The predicted octanol–water partition coefficient (Wildman–Crippen LogP) is -1.30. The van der Waals surface area contributed by atoms with Gasteiger partial charge in [-0.2, -0.15) is 0 Å². The van der Waals surface area contributed by atoms with E-state index < -0.39 is 17.4 Å². The van der Waals surface area contributed by atoms with Crippen LogP contribution in [0.2, 0.25) is 0 Å². The molecule has 0 radical (unpaired) electrons. The molecule has 0 bridgehead atoms. The van der Waals surface area contributed by atoms with E-state index in [1.807, 2.05) is 0 Å². The minimum Gasteiger partial charge on any atom is -0.369 e. The maximum absolute atomic E-state index is 11.5. The highest BCUT2D eigenvalue weighted by Gasteiger charge is 2.50. The van der Waals surface area contributed by atoms with Crippen LogP contribution in [0.15, 0.2) is 5.16 Å². The number of amides is 2. The summed E-state index contributed by atoms with van der Waals surface area (Å²) in [7, 11) is 3.05. The zero-order chi connectivity index (χ0) is 10.1. The number of carbonyl (C=O) groups excluding carboxylic acids is 2. The van der Waals surface area contributed by atoms with Crippen molar-refractivity contribution in [3.63, 3.8) is 0 Å². The first-order valence-corrected chi connectivity index (χ1v) is 3.72. The van der Waals surface area contributed by atoms with E-state index in [0.717, 1.165) is 0 Å². The molecule has 0 spiro atoms. The smallest absolute Gasteiger partial charge is 0.296 e. The molecule has 2 amide bonds. The van der Waals surface area contributed by atoms with E-state index in [9.17, 15) is 9.59 Å². The fourth-order valence-electron chi connectivity index (χ4n) is 1.07. The second-order valence-corrected chi connectivity index (χ2v) is 2.97. The highest BCUT2D eigenvalue weighted by molar-refractivity contribution is 6.10. The maximum atomic E-state index is 11.5. The number of nitrogens with zero attached hydrogens (tertiary/aromatic N) is 2. The molecule has 0 aromatic heterocycles. The van der Waals surface area contributed by atoms with E-state index in [0.29, 0.717) is 0 Å². The van der Waals surface area contributed by atoms with Crippen LogP contribution in [0, 0.1) is 0 Å². The number of nitrogens with two attached hydrogens (primary N) is 1. The quantitative estimate of drug-likeness (QED) is 0.543. The normalized spacial score (nSPS) is 25.4. The van der Waals surface area contributed by atoms with Crippen LogP contribution < -0.4 is 5.73 Å². The van der Waals surface area contributed by atoms with Gasteiger partial charge in [0.2, 0.25) is 0 Å². The number of oxime groups is 1. The topological polar surface area (TPSA) is 85.0 Å². The highest BCUT2D eigenvalue weighted by Crippen LogP contribution is 2.22. The van der Waals surface area contributed by atoms with E-state index in [2.05, 4.69) is 5.16 Å². The summed E-state index contributed by atoms with van der Waals surface area (Å²) in [6.07, 6.45) is 1.45. The van der Waals surface area contributed by atoms with Crippen LogP contribution in [0.1, 0.15) is 6.42 Å². The van der Waals surface area contributed by atoms with E-state index in [1.165, 1.54) is 25.2 Å². The summed E-state index contributed by atoms with van der Waals surface area (Å²) in [4.78, 5) is 28.5. The molecule has 0 fully saturated rings. The van der Waals surface area contributed by atoms with Crippen molar-refractivity contribution in [2.75, 3.05) is 14.1 Å². The molecular formula is C7H11N3O3.